The van der Waals surface area contributed by atoms with Crippen molar-refractivity contribution in [1.82, 2.24) is 4.90 Å². The number of fused-ring (bicyclic) bond motifs is 1. The minimum Gasteiger partial charge on any atom is -0.342 e. The van der Waals surface area contributed by atoms with Gasteiger partial charge in [-0.2, -0.15) is 0 Å². The van der Waals surface area contributed by atoms with Crippen LogP contribution in [0.15, 0.2) is 23.1 Å². The maximum atomic E-state index is 12.1. The van der Waals surface area contributed by atoms with Gasteiger partial charge < -0.3 is 4.90 Å². The van der Waals surface area contributed by atoms with Gasteiger partial charge in [0.15, 0.2) is 9.84 Å². The van der Waals surface area contributed by atoms with Crippen molar-refractivity contribution in [3.63, 3.8) is 0 Å². The Bertz CT molecular complexity index is 631. The molecule has 1 aromatic carbocycles. The van der Waals surface area contributed by atoms with Crippen LogP contribution in [-0.2, 0) is 27.5 Å². The number of nitrogens with zero attached hydrogens (tertiary/aromatic N) is 1. The summed E-state index contributed by atoms with van der Waals surface area (Å²) in [6, 6.07) is 5.37. The Morgan fingerprint density at radius 3 is 2.65 bits per heavy atom. The Balaban J connectivity index is 1.80. The van der Waals surface area contributed by atoms with Crippen LogP contribution in [0.1, 0.15) is 30.4 Å². The molecule has 0 aliphatic carbocycles. The molecule has 1 amide bonds. The third kappa shape index (κ3) is 2.59. The molecule has 20 heavy (non-hydrogen) atoms. The number of aryl methyl sites for hydroxylation is 1. The molecule has 0 bridgehead atoms. The van der Waals surface area contributed by atoms with E-state index in [1.165, 1.54) is 0 Å². The molecule has 1 saturated heterocycles. The molecule has 0 atom stereocenters. The lowest BCUT2D eigenvalue weighted by molar-refractivity contribution is -0.129. The lowest BCUT2D eigenvalue weighted by atomic mass is 10.0. The molecular weight excluding hydrogens is 274 g/mol. The van der Waals surface area contributed by atoms with Crippen LogP contribution >= 0.6 is 0 Å². The maximum absolute atomic E-state index is 12.1. The fourth-order valence-corrected chi connectivity index (χ4v) is 4.64. The van der Waals surface area contributed by atoms with Gasteiger partial charge in [0.05, 0.1) is 17.1 Å². The molecule has 2 aliphatic rings. The first-order valence-corrected chi connectivity index (χ1v) is 8.84. The van der Waals surface area contributed by atoms with E-state index in [4.69, 9.17) is 0 Å². The van der Waals surface area contributed by atoms with Crippen molar-refractivity contribution < 1.29 is 13.2 Å². The zero-order valence-corrected chi connectivity index (χ0v) is 12.3. The molecule has 108 valence electrons. The topological polar surface area (TPSA) is 54.5 Å². The van der Waals surface area contributed by atoms with Gasteiger partial charge in [-0.1, -0.05) is 12.1 Å². The molecule has 3 rings (SSSR count). The average molecular weight is 293 g/mol. The number of benzene rings is 1. The molecule has 0 radical (unpaired) electrons. The molecule has 1 aromatic rings. The highest BCUT2D eigenvalue weighted by atomic mass is 32.2. The Hall–Kier alpha value is -1.36. The van der Waals surface area contributed by atoms with Crippen LogP contribution in [0.3, 0.4) is 0 Å². The minimum absolute atomic E-state index is 0.154. The normalized spacial score (nSPS) is 20.7. The van der Waals surface area contributed by atoms with Crippen molar-refractivity contribution in [3.05, 3.63) is 29.3 Å². The second-order valence-electron chi connectivity index (χ2n) is 5.63. The number of rotatable bonds is 2. The molecule has 5 heteroatoms. The van der Waals surface area contributed by atoms with Crippen molar-refractivity contribution in [1.29, 1.82) is 0 Å². The summed E-state index contributed by atoms with van der Waals surface area (Å²) in [6.07, 6.45) is 4.04. The number of hydrogen-bond acceptors (Lipinski definition) is 3. The molecule has 0 spiro atoms. The van der Waals surface area contributed by atoms with Crippen LogP contribution in [0.25, 0.3) is 0 Å². The van der Waals surface area contributed by atoms with E-state index < -0.39 is 9.84 Å². The van der Waals surface area contributed by atoms with Gasteiger partial charge >= 0.3 is 0 Å². The van der Waals surface area contributed by atoms with Gasteiger partial charge in [0.2, 0.25) is 5.91 Å². The molecule has 0 unspecified atom stereocenters. The Morgan fingerprint density at radius 2 is 1.90 bits per heavy atom. The lowest BCUT2D eigenvalue weighted by Crippen LogP contribution is -2.29. The van der Waals surface area contributed by atoms with Crippen molar-refractivity contribution in [2.75, 3.05) is 18.8 Å². The standard InChI is InChI=1S/C15H19NO3S/c17-15(16-7-1-2-8-16)11-12-5-6-14-13(10-12)4-3-9-20(14,18)19/h5-6,10H,1-4,7-9,11H2. The van der Waals surface area contributed by atoms with Gasteiger partial charge in [-0.05, 0) is 42.9 Å². The minimum atomic E-state index is -3.10. The van der Waals surface area contributed by atoms with Crippen molar-refractivity contribution in [2.45, 2.75) is 37.0 Å². The van der Waals surface area contributed by atoms with Gasteiger partial charge in [-0.25, -0.2) is 8.42 Å². The van der Waals surface area contributed by atoms with E-state index >= 15 is 0 Å². The lowest BCUT2D eigenvalue weighted by Gasteiger charge is -2.18. The number of amides is 1. The number of carbonyl (C=O) groups excluding carboxylic acids is 1. The molecule has 1 fully saturated rings. The first-order chi connectivity index (χ1) is 9.56. The first-order valence-electron chi connectivity index (χ1n) is 7.19. The number of likely N-dealkylation sites (tertiary alicyclic amines) is 1. The average Bonchev–Trinajstić information content (AvgIpc) is 2.92. The Morgan fingerprint density at radius 1 is 1.15 bits per heavy atom. The van der Waals surface area contributed by atoms with Gasteiger partial charge in [-0.3, -0.25) is 4.79 Å². The number of sulfone groups is 1. The van der Waals surface area contributed by atoms with Crippen LogP contribution in [0.4, 0.5) is 0 Å². The zero-order chi connectivity index (χ0) is 14.2. The van der Waals surface area contributed by atoms with Crippen LogP contribution < -0.4 is 0 Å². The highest BCUT2D eigenvalue weighted by Crippen LogP contribution is 2.26. The first kappa shape index (κ1) is 13.6. The third-order valence-electron chi connectivity index (χ3n) is 4.13. The number of hydrogen-bond donors (Lipinski definition) is 0. The smallest absolute Gasteiger partial charge is 0.226 e. The largest absolute Gasteiger partial charge is 0.342 e. The summed E-state index contributed by atoms with van der Waals surface area (Å²) in [5, 5.41) is 0. The summed E-state index contributed by atoms with van der Waals surface area (Å²) in [5.74, 6) is 0.396. The van der Waals surface area contributed by atoms with Gasteiger partial charge in [0, 0.05) is 13.1 Å². The summed E-state index contributed by atoms with van der Waals surface area (Å²) >= 11 is 0. The van der Waals surface area contributed by atoms with E-state index in [0.29, 0.717) is 17.7 Å². The summed E-state index contributed by atoms with van der Waals surface area (Å²) in [4.78, 5) is 14.5. The highest BCUT2D eigenvalue weighted by Gasteiger charge is 2.24. The van der Waals surface area contributed by atoms with E-state index in [1.54, 1.807) is 12.1 Å². The van der Waals surface area contributed by atoms with Crippen molar-refractivity contribution in [3.8, 4) is 0 Å². The van der Waals surface area contributed by atoms with E-state index in [1.807, 2.05) is 11.0 Å². The van der Waals surface area contributed by atoms with Crippen LogP contribution in [0.5, 0.6) is 0 Å². The van der Waals surface area contributed by atoms with Crippen molar-refractivity contribution >= 4 is 15.7 Å². The monoisotopic (exact) mass is 293 g/mol. The maximum Gasteiger partial charge on any atom is 0.226 e. The van der Waals surface area contributed by atoms with E-state index in [2.05, 4.69) is 0 Å². The van der Waals surface area contributed by atoms with Crippen LogP contribution in [-0.4, -0.2) is 38.1 Å². The molecule has 0 saturated carbocycles. The summed E-state index contributed by atoms with van der Waals surface area (Å²) in [7, 11) is -3.10. The molecular formula is C15H19NO3S. The van der Waals surface area contributed by atoms with Gasteiger partial charge in [-0.15, -0.1) is 0 Å². The van der Waals surface area contributed by atoms with Crippen LogP contribution in [0.2, 0.25) is 0 Å². The molecule has 0 aromatic heterocycles. The third-order valence-corrected chi connectivity index (χ3v) is 6.03. The van der Waals surface area contributed by atoms with Gasteiger partial charge in [0.1, 0.15) is 0 Å². The summed E-state index contributed by atoms with van der Waals surface area (Å²) < 4.78 is 23.9. The highest BCUT2D eigenvalue weighted by molar-refractivity contribution is 7.91. The Labute approximate surface area is 119 Å². The summed E-state index contributed by atoms with van der Waals surface area (Å²) in [6.45, 7) is 1.72. The molecule has 4 nitrogen and oxygen atoms in total. The second-order valence-corrected chi connectivity index (χ2v) is 7.71. The van der Waals surface area contributed by atoms with Crippen molar-refractivity contribution in [2.24, 2.45) is 0 Å². The quantitative estimate of drug-likeness (QED) is 0.831. The Kier molecular flexibility index (Phi) is 3.54. The van der Waals surface area contributed by atoms with E-state index in [-0.39, 0.29) is 11.7 Å². The molecule has 2 aliphatic heterocycles. The predicted molar refractivity (Wildman–Crippen MR) is 76.3 cm³/mol. The molecule has 0 N–H and O–H groups in total. The fraction of sp³-hybridized carbons (Fsp3) is 0.533. The van der Waals surface area contributed by atoms with Gasteiger partial charge in [0.25, 0.3) is 0 Å². The summed E-state index contributed by atoms with van der Waals surface area (Å²) in [5.41, 5.74) is 1.81. The SMILES string of the molecule is O=C(Cc1ccc2c(c1)CCCS2(=O)=O)N1CCCC1. The second kappa shape index (κ2) is 5.20. The van der Waals surface area contributed by atoms with E-state index in [0.717, 1.165) is 43.5 Å². The fourth-order valence-electron chi connectivity index (χ4n) is 3.06. The van der Waals surface area contributed by atoms with E-state index in [9.17, 15) is 13.2 Å². The van der Waals surface area contributed by atoms with Crippen LogP contribution in [0, 0.1) is 0 Å². The number of carbonyl (C=O) groups is 1. The zero-order valence-electron chi connectivity index (χ0n) is 11.5. The molecule has 2 heterocycles. The predicted octanol–water partition coefficient (Wildman–Crippen LogP) is 1.57.